The van der Waals surface area contributed by atoms with E-state index in [2.05, 4.69) is 15.9 Å². The maximum atomic E-state index is 10.9. The van der Waals surface area contributed by atoms with E-state index in [-0.39, 0.29) is 0 Å². The van der Waals surface area contributed by atoms with Gasteiger partial charge in [-0.05, 0) is 28.9 Å². The maximum absolute atomic E-state index is 10.9. The van der Waals surface area contributed by atoms with Gasteiger partial charge in [-0.15, -0.1) is 0 Å². The molecule has 0 aliphatic heterocycles. The lowest BCUT2D eigenvalue weighted by Crippen LogP contribution is -2.09. The average Bonchev–Trinajstić information content (AvgIpc) is 2.68. The minimum Gasteiger partial charge on any atom is -0.479 e. The predicted molar refractivity (Wildman–Crippen MR) is 67.9 cm³/mol. The normalized spacial score (nSPS) is 12.9. The molecule has 5 heteroatoms. The minimum atomic E-state index is -1.49. The molecule has 0 aliphatic carbocycles. The molecular formula is C12H12BrNO3. The third kappa shape index (κ3) is 1.96. The molecule has 90 valence electrons. The molecule has 4 nitrogen and oxygen atoms in total. The Kier molecular flexibility index (Phi) is 3.22. The largest absolute Gasteiger partial charge is 0.479 e. The highest BCUT2D eigenvalue weighted by atomic mass is 79.9. The second kappa shape index (κ2) is 4.50. The van der Waals surface area contributed by atoms with Gasteiger partial charge in [0.15, 0.2) is 6.10 Å². The van der Waals surface area contributed by atoms with Crippen LogP contribution in [0, 0.1) is 0 Å². The molecule has 0 saturated heterocycles. The number of fused-ring (bicyclic) bond motifs is 1. The monoisotopic (exact) mass is 297 g/mol. The van der Waals surface area contributed by atoms with Crippen molar-refractivity contribution in [1.29, 1.82) is 0 Å². The number of carboxylic acids is 1. The number of aromatic nitrogens is 1. The molecule has 0 fully saturated rings. The van der Waals surface area contributed by atoms with Gasteiger partial charge in [-0.2, -0.15) is 0 Å². The van der Waals surface area contributed by atoms with Crippen LogP contribution in [-0.2, 0) is 11.3 Å². The summed E-state index contributed by atoms with van der Waals surface area (Å²) in [6, 6.07) is 5.53. The quantitative estimate of drug-likeness (QED) is 0.915. The van der Waals surface area contributed by atoms with Gasteiger partial charge in [0.25, 0.3) is 0 Å². The number of aliphatic carboxylic acids is 1. The second-order valence-electron chi connectivity index (χ2n) is 3.75. The Bertz CT molecular complexity index is 576. The standard InChI is InChI=1S/C12H12BrNO3/c1-2-14-6-8(11(15)12(16)17)7-4-3-5-9(13)10(7)14/h3-6,11,15H,2H2,1H3,(H,16,17). The molecule has 0 radical (unpaired) electrons. The number of hydrogen-bond acceptors (Lipinski definition) is 2. The van der Waals surface area contributed by atoms with Crippen LogP contribution in [0.3, 0.4) is 0 Å². The SMILES string of the molecule is CCn1cc(C(O)C(=O)O)c2cccc(Br)c21. The highest BCUT2D eigenvalue weighted by Crippen LogP contribution is 2.31. The Balaban J connectivity index is 2.74. The summed E-state index contributed by atoms with van der Waals surface area (Å²) in [6.07, 6.45) is 0.202. The molecule has 0 saturated carbocycles. The second-order valence-corrected chi connectivity index (χ2v) is 4.60. The summed E-state index contributed by atoms with van der Waals surface area (Å²) in [5, 5.41) is 19.3. The summed E-state index contributed by atoms with van der Waals surface area (Å²) in [7, 11) is 0. The smallest absolute Gasteiger partial charge is 0.337 e. The number of para-hydroxylation sites is 1. The zero-order valence-electron chi connectivity index (χ0n) is 9.22. The number of aliphatic hydroxyl groups is 1. The van der Waals surface area contributed by atoms with Gasteiger partial charge in [-0.1, -0.05) is 12.1 Å². The summed E-state index contributed by atoms with van der Waals surface area (Å²) in [5.41, 5.74) is 1.33. The topological polar surface area (TPSA) is 62.5 Å². The Morgan fingerprint density at radius 2 is 2.24 bits per heavy atom. The molecule has 1 aromatic carbocycles. The average molecular weight is 298 g/mol. The molecule has 1 atom stereocenters. The van der Waals surface area contributed by atoms with Gasteiger partial charge in [0.1, 0.15) is 0 Å². The van der Waals surface area contributed by atoms with Gasteiger partial charge in [0, 0.05) is 28.2 Å². The third-order valence-corrected chi connectivity index (χ3v) is 3.39. The Morgan fingerprint density at radius 1 is 1.53 bits per heavy atom. The first-order valence-corrected chi connectivity index (χ1v) is 6.03. The molecule has 0 aliphatic rings. The van der Waals surface area contributed by atoms with Gasteiger partial charge < -0.3 is 14.8 Å². The van der Waals surface area contributed by atoms with E-state index in [9.17, 15) is 9.90 Å². The van der Waals surface area contributed by atoms with Gasteiger partial charge in [0.2, 0.25) is 0 Å². The van der Waals surface area contributed by atoms with E-state index in [0.29, 0.717) is 12.1 Å². The van der Waals surface area contributed by atoms with Crippen LogP contribution in [-0.4, -0.2) is 20.7 Å². The van der Waals surface area contributed by atoms with Gasteiger partial charge in [-0.25, -0.2) is 4.79 Å². The van der Waals surface area contributed by atoms with E-state index in [0.717, 1.165) is 15.4 Å². The molecule has 2 rings (SSSR count). The molecule has 0 bridgehead atoms. The summed E-state index contributed by atoms with van der Waals surface area (Å²) in [4.78, 5) is 10.9. The van der Waals surface area contributed by atoms with Crippen LogP contribution >= 0.6 is 15.9 Å². The van der Waals surface area contributed by atoms with Crippen LogP contribution in [0.1, 0.15) is 18.6 Å². The summed E-state index contributed by atoms with van der Waals surface area (Å²) in [6.45, 7) is 2.68. The maximum Gasteiger partial charge on any atom is 0.337 e. The van der Waals surface area contributed by atoms with Gasteiger partial charge in [-0.3, -0.25) is 0 Å². The number of rotatable bonds is 3. The number of nitrogens with zero attached hydrogens (tertiary/aromatic N) is 1. The van der Waals surface area contributed by atoms with E-state index >= 15 is 0 Å². The molecule has 1 aromatic heterocycles. The lowest BCUT2D eigenvalue weighted by atomic mass is 10.1. The van der Waals surface area contributed by atoms with E-state index in [1.54, 1.807) is 6.20 Å². The fourth-order valence-electron chi connectivity index (χ4n) is 1.94. The van der Waals surface area contributed by atoms with Crippen LogP contribution in [0.5, 0.6) is 0 Å². The molecule has 17 heavy (non-hydrogen) atoms. The van der Waals surface area contributed by atoms with Crippen LogP contribution in [0.4, 0.5) is 0 Å². The third-order valence-electron chi connectivity index (χ3n) is 2.75. The summed E-state index contributed by atoms with van der Waals surface area (Å²) in [5.74, 6) is -1.24. The Labute approximate surface area is 107 Å². The molecule has 2 aromatic rings. The zero-order valence-corrected chi connectivity index (χ0v) is 10.8. The van der Waals surface area contributed by atoms with Crippen molar-refractivity contribution in [2.45, 2.75) is 19.6 Å². The van der Waals surface area contributed by atoms with Crippen molar-refractivity contribution in [1.82, 2.24) is 4.57 Å². The van der Waals surface area contributed by atoms with Crippen molar-refractivity contribution >= 4 is 32.8 Å². The van der Waals surface area contributed by atoms with Crippen molar-refractivity contribution < 1.29 is 15.0 Å². The predicted octanol–water partition coefficient (Wildman–Crippen LogP) is 2.54. The first kappa shape index (κ1) is 12.1. The Morgan fingerprint density at radius 3 is 2.82 bits per heavy atom. The molecule has 2 N–H and O–H groups in total. The summed E-state index contributed by atoms with van der Waals surface area (Å²) >= 11 is 3.44. The fourth-order valence-corrected chi connectivity index (χ4v) is 2.54. The number of benzene rings is 1. The van der Waals surface area contributed by atoms with Crippen LogP contribution in [0.15, 0.2) is 28.9 Å². The number of carbonyl (C=O) groups is 1. The van der Waals surface area contributed by atoms with Crippen molar-refractivity contribution in [3.8, 4) is 0 Å². The van der Waals surface area contributed by atoms with E-state index < -0.39 is 12.1 Å². The molecule has 1 unspecified atom stereocenters. The molecule has 1 heterocycles. The lowest BCUT2D eigenvalue weighted by Gasteiger charge is -2.03. The molecule has 0 spiro atoms. The highest BCUT2D eigenvalue weighted by molar-refractivity contribution is 9.10. The number of carboxylic acid groups (broad SMARTS) is 1. The van der Waals surface area contributed by atoms with Crippen molar-refractivity contribution in [2.75, 3.05) is 0 Å². The number of hydrogen-bond donors (Lipinski definition) is 2. The Hall–Kier alpha value is -1.33. The fraction of sp³-hybridized carbons (Fsp3) is 0.250. The van der Waals surface area contributed by atoms with E-state index in [4.69, 9.17) is 5.11 Å². The number of aryl methyl sites for hydroxylation is 1. The first-order chi connectivity index (χ1) is 8.06. The van der Waals surface area contributed by atoms with Crippen LogP contribution in [0.2, 0.25) is 0 Å². The molecular weight excluding hydrogens is 286 g/mol. The van der Waals surface area contributed by atoms with Crippen LogP contribution in [0.25, 0.3) is 10.9 Å². The number of halogens is 1. The zero-order chi connectivity index (χ0) is 12.6. The molecule has 0 amide bonds. The first-order valence-electron chi connectivity index (χ1n) is 5.24. The van der Waals surface area contributed by atoms with E-state index in [1.807, 2.05) is 29.7 Å². The van der Waals surface area contributed by atoms with Crippen LogP contribution < -0.4 is 0 Å². The van der Waals surface area contributed by atoms with Crippen molar-refractivity contribution in [3.05, 3.63) is 34.4 Å². The van der Waals surface area contributed by atoms with Gasteiger partial charge >= 0.3 is 5.97 Å². The highest BCUT2D eigenvalue weighted by Gasteiger charge is 2.21. The van der Waals surface area contributed by atoms with Crippen molar-refractivity contribution in [2.24, 2.45) is 0 Å². The summed E-state index contributed by atoms with van der Waals surface area (Å²) < 4.78 is 2.81. The van der Waals surface area contributed by atoms with Crippen molar-refractivity contribution in [3.63, 3.8) is 0 Å². The van der Waals surface area contributed by atoms with E-state index in [1.165, 1.54) is 0 Å². The number of aliphatic hydroxyl groups excluding tert-OH is 1. The minimum absolute atomic E-state index is 0.427. The lowest BCUT2D eigenvalue weighted by molar-refractivity contribution is -0.146. The van der Waals surface area contributed by atoms with Gasteiger partial charge in [0.05, 0.1) is 5.52 Å².